The van der Waals surface area contributed by atoms with Crippen molar-refractivity contribution in [1.29, 1.82) is 0 Å². The van der Waals surface area contributed by atoms with E-state index in [9.17, 15) is 8.78 Å². The molecule has 2 aromatic rings. The van der Waals surface area contributed by atoms with Gasteiger partial charge in [-0.05, 0) is 48.0 Å². The van der Waals surface area contributed by atoms with Gasteiger partial charge in [-0.15, -0.1) is 0 Å². The maximum Gasteiger partial charge on any atom is 0.387 e. The molecule has 112 valence electrons. The summed E-state index contributed by atoms with van der Waals surface area (Å²) in [5.74, 6) is 0.176. The molecular weight excluding hydrogens is 342 g/mol. The Bertz CT molecular complexity index is 622. The Morgan fingerprint density at radius 3 is 2.57 bits per heavy atom. The smallest absolute Gasteiger partial charge is 0.387 e. The lowest BCUT2D eigenvalue weighted by Crippen LogP contribution is -2.12. The van der Waals surface area contributed by atoms with E-state index >= 15 is 0 Å². The number of pyridine rings is 1. The number of hydrogen-bond donors (Lipinski definition) is 1. The quantitative estimate of drug-likeness (QED) is 0.771. The average molecular weight is 357 g/mol. The molecule has 0 spiro atoms. The molecule has 0 amide bonds. The van der Waals surface area contributed by atoms with Crippen LogP contribution in [0.25, 0.3) is 0 Å². The normalized spacial score (nSPS) is 12.3. The van der Waals surface area contributed by atoms with Crippen molar-refractivity contribution in [1.82, 2.24) is 4.98 Å². The number of anilines is 1. The summed E-state index contributed by atoms with van der Waals surface area (Å²) < 4.78 is 30.2. The number of hydrogen-bond acceptors (Lipinski definition) is 3. The van der Waals surface area contributed by atoms with Gasteiger partial charge in [0.05, 0.1) is 17.4 Å². The summed E-state index contributed by atoms with van der Waals surface area (Å²) in [6, 6.07) is 10.3. The van der Waals surface area contributed by atoms with Gasteiger partial charge in [-0.3, -0.25) is 0 Å². The van der Waals surface area contributed by atoms with Crippen LogP contribution in [-0.2, 0) is 0 Å². The molecule has 0 saturated heterocycles. The fourth-order valence-electron chi connectivity index (χ4n) is 2.04. The number of ether oxygens (including phenoxy) is 1. The predicted molar refractivity (Wildman–Crippen MR) is 81.8 cm³/mol. The van der Waals surface area contributed by atoms with E-state index in [1.807, 2.05) is 26.0 Å². The summed E-state index contributed by atoms with van der Waals surface area (Å²) >= 11 is 3.30. The van der Waals surface area contributed by atoms with Crippen LogP contribution in [0.1, 0.15) is 24.2 Å². The third-order valence-electron chi connectivity index (χ3n) is 3.03. The van der Waals surface area contributed by atoms with Gasteiger partial charge in [0.25, 0.3) is 0 Å². The van der Waals surface area contributed by atoms with Gasteiger partial charge in [0.2, 0.25) is 0 Å². The Hall–Kier alpha value is -1.69. The number of alkyl halides is 2. The number of benzene rings is 1. The molecule has 1 aromatic heterocycles. The van der Waals surface area contributed by atoms with E-state index in [2.05, 4.69) is 31.0 Å². The van der Waals surface area contributed by atoms with Crippen molar-refractivity contribution in [3.05, 3.63) is 52.3 Å². The van der Waals surface area contributed by atoms with Crippen LogP contribution in [0.3, 0.4) is 0 Å². The molecule has 1 unspecified atom stereocenters. The topological polar surface area (TPSA) is 34.2 Å². The molecule has 0 aliphatic rings. The highest BCUT2D eigenvalue weighted by Gasteiger charge is 2.15. The zero-order chi connectivity index (χ0) is 15.4. The first-order valence-electron chi connectivity index (χ1n) is 6.41. The Labute approximate surface area is 130 Å². The van der Waals surface area contributed by atoms with E-state index in [1.165, 1.54) is 6.07 Å². The van der Waals surface area contributed by atoms with Crippen molar-refractivity contribution >= 4 is 21.6 Å². The lowest BCUT2D eigenvalue weighted by molar-refractivity contribution is -0.0505. The van der Waals surface area contributed by atoms with Crippen molar-refractivity contribution < 1.29 is 13.5 Å². The first kappa shape index (κ1) is 15.7. The van der Waals surface area contributed by atoms with E-state index in [-0.39, 0.29) is 11.8 Å². The van der Waals surface area contributed by atoms with Crippen molar-refractivity contribution in [3.63, 3.8) is 0 Å². The molecule has 0 fully saturated rings. The highest BCUT2D eigenvalue weighted by molar-refractivity contribution is 9.10. The molecule has 21 heavy (non-hydrogen) atoms. The standard InChI is InChI=1S/C15H15BrF2N2O/c1-9(19-12-7-8-14(16)20-10(12)2)11-5-3-4-6-13(11)21-15(17)18/h3-9,15,19H,1-2H3. The van der Waals surface area contributed by atoms with Gasteiger partial charge in [0.15, 0.2) is 0 Å². The minimum atomic E-state index is -2.84. The van der Waals surface area contributed by atoms with Gasteiger partial charge in [-0.2, -0.15) is 8.78 Å². The lowest BCUT2D eigenvalue weighted by atomic mass is 10.1. The van der Waals surface area contributed by atoms with E-state index < -0.39 is 6.61 Å². The van der Waals surface area contributed by atoms with Crippen LogP contribution in [0.4, 0.5) is 14.5 Å². The van der Waals surface area contributed by atoms with Gasteiger partial charge in [-0.25, -0.2) is 4.98 Å². The molecule has 6 heteroatoms. The summed E-state index contributed by atoms with van der Waals surface area (Å²) in [5.41, 5.74) is 2.33. The second kappa shape index (κ2) is 6.85. The monoisotopic (exact) mass is 356 g/mol. The lowest BCUT2D eigenvalue weighted by Gasteiger charge is -2.20. The van der Waals surface area contributed by atoms with Crippen LogP contribution in [0.15, 0.2) is 41.0 Å². The van der Waals surface area contributed by atoms with Crippen molar-refractivity contribution in [2.75, 3.05) is 5.32 Å². The highest BCUT2D eigenvalue weighted by atomic mass is 79.9. The van der Waals surface area contributed by atoms with E-state index in [0.29, 0.717) is 5.56 Å². The minimum Gasteiger partial charge on any atom is -0.434 e. The van der Waals surface area contributed by atoms with Crippen LogP contribution in [0, 0.1) is 6.92 Å². The summed E-state index contributed by atoms with van der Waals surface area (Å²) in [6.07, 6.45) is 0. The molecule has 0 aliphatic heterocycles. The van der Waals surface area contributed by atoms with Crippen LogP contribution in [-0.4, -0.2) is 11.6 Å². The molecule has 0 saturated carbocycles. The molecule has 1 heterocycles. The Morgan fingerprint density at radius 1 is 1.19 bits per heavy atom. The summed E-state index contributed by atoms with van der Waals surface area (Å²) in [7, 11) is 0. The number of halogens is 3. The van der Waals surface area contributed by atoms with Crippen LogP contribution in [0.5, 0.6) is 5.75 Å². The minimum absolute atomic E-state index is 0.176. The summed E-state index contributed by atoms with van der Waals surface area (Å²) in [6.45, 7) is 0.922. The zero-order valence-corrected chi connectivity index (χ0v) is 13.2. The van der Waals surface area contributed by atoms with Gasteiger partial charge >= 0.3 is 6.61 Å². The Kier molecular flexibility index (Phi) is 5.12. The molecule has 1 N–H and O–H groups in total. The number of para-hydroxylation sites is 1. The van der Waals surface area contributed by atoms with E-state index in [0.717, 1.165) is 16.0 Å². The van der Waals surface area contributed by atoms with Crippen molar-refractivity contribution in [3.8, 4) is 5.75 Å². The van der Waals surface area contributed by atoms with Gasteiger partial charge in [0.1, 0.15) is 10.4 Å². The van der Waals surface area contributed by atoms with Gasteiger partial charge < -0.3 is 10.1 Å². The number of aryl methyl sites for hydroxylation is 1. The summed E-state index contributed by atoms with van der Waals surface area (Å²) in [5, 5.41) is 3.26. The highest BCUT2D eigenvalue weighted by Crippen LogP contribution is 2.29. The Morgan fingerprint density at radius 2 is 1.90 bits per heavy atom. The predicted octanol–water partition coefficient (Wildman–Crippen LogP) is 4.93. The first-order valence-corrected chi connectivity index (χ1v) is 7.20. The number of rotatable bonds is 5. The average Bonchev–Trinajstić information content (AvgIpc) is 2.42. The molecule has 0 bridgehead atoms. The first-order chi connectivity index (χ1) is 9.97. The molecular formula is C15H15BrF2N2O. The molecule has 2 rings (SSSR count). The van der Waals surface area contributed by atoms with E-state index in [4.69, 9.17) is 0 Å². The third-order valence-corrected chi connectivity index (χ3v) is 3.47. The van der Waals surface area contributed by atoms with Crippen molar-refractivity contribution in [2.24, 2.45) is 0 Å². The molecule has 1 aromatic carbocycles. The second-order valence-electron chi connectivity index (χ2n) is 4.55. The molecule has 0 radical (unpaired) electrons. The zero-order valence-electron chi connectivity index (χ0n) is 11.6. The molecule has 3 nitrogen and oxygen atoms in total. The summed E-state index contributed by atoms with van der Waals surface area (Å²) in [4.78, 5) is 4.29. The maximum absolute atomic E-state index is 12.4. The van der Waals surface area contributed by atoms with Gasteiger partial charge in [0, 0.05) is 5.56 Å². The van der Waals surface area contributed by atoms with Crippen LogP contribution >= 0.6 is 15.9 Å². The SMILES string of the molecule is Cc1nc(Br)ccc1NC(C)c1ccccc1OC(F)F. The maximum atomic E-state index is 12.4. The van der Waals surface area contributed by atoms with E-state index in [1.54, 1.807) is 18.2 Å². The fraction of sp³-hybridized carbons (Fsp3) is 0.267. The Balaban J connectivity index is 2.22. The molecule has 0 aliphatic carbocycles. The van der Waals surface area contributed by atoms with Gasteiger partial charge in [-0.1, -0.05) is 18.2 Å². The van der Waals surface area contributed by atoms with Crippen LogP contribution in [0.2, 0.25) is 0 Å². The van der Waals surface area contributed by atoms with Crippen LogP contribution < -0.4 is 10.1 Å². The number of nitrogens with one attached hydrogen (secondary N) is 1. The number of nitrogens with zero attached hydrogens (tertiary/aromatic N) is 1. The second-order valence-corrected chi connectivity index (χ2v) is 5.36. The largest absolute Gasteiger partial charge is 0.434 e. The molecule has 1 atom stereocenters. The fourth-order valence-corrected chi connectivity index (χ4v) is 2.43. The van der Waals surface area contributed by atoms with Crippen molar-refractivity contribution in [2.45, 2.75) is 26.5 Å². The number of aromatic nitrogens is 1. The third kappa shape index (κ3) is 4.14.